The Labute approximate surface area is 162 Å². The van der Waals surface area contributed by atoms with Gasteiger partial charge < -0.3 is 0 Å². The molecule has 0 aliphatic carbocycles. The first-order chi connectivity index (χ1) is 13.7. The van der Waals surface area contributed by atoms with Crippen molar-refractivity contribution in [3.05, 3.63) is 88.6 Å². The standard InChI is InChI=1S/C22H21N5O/c1-16-20-24-21-19(14-23-27(21)18-10-6-3-7-11-18)22(28)26(20)13-12-25(16)15-17-8-4-2-5-9-17/h2-11,14,16H,12-13,15H2,1H3. The molecule has 1 atom stereocenters. The molecule has 2 aromatic heterocycles. The molecule has 4 aromatic rings. The van der Waals surface area contributed by atoms with Crippen molar-refractivity contribution < 1.29 is 0 Å². The van der Waals surface area contributed by atoms with E-state index in [-0.39, 0.29) is 11.6 Å². The summed E-state index contributed by atoms with van der Waals surface area (Å²) in [4.78, 5) is 20.4. The summed E-state index contributed by atoms with van der Waals surface area (Å²) in [5, 5.41) is 5.00. The van der Waals surface area contributed by atoms with Gasteiger partial charge in [0.2, 0.25) is 0 Å². The van der Waals surface area contributed by atoms with E-state index in [0.29, 0.717) is 17.6 Å². The number of nitrogens with zero attached hydrogens (tertiary/aromatic N) is 5. The molecule has 0 saturated heterocycles. The number of rotatable bonds is 3. The highest BCUT2D eigenvalue weighted by molar-refractivity contribution is 5.75. The smallest absolute Gasteiger partial charge is 0.264 e. The first kappa shape index (κ1) is 16.9. The van der Waals surface area contributed by atoms with Gasteiger partial charge in [0.25, 0.3) is 5.56 Å². The number of aromatic nitrogens is 4. The van der Waals surface area contributed by atoms with Gasteiger partial charge >= 0.3 is 0 Å². The Kier molecular flexibility index (Phi) is 4.06. The van der Waals surface area contributed by atoms with Gasteiger partial charge in [-0.05, 0) is 24.6 Å². The molecule has 2 aromatic carbocycles. The van der Waals surface area contributed by atoms with Gasteiger partial charge in [-0.15, -0.1) is 0 Å². The molecule has 1 aliphatic rings. The van der Waals surface area contributed by atoms with Crippen molar-refractivity contribution in [1.82, 2.24) is 24.2 Å². The second-order valence-corrected chi connectivity index (χ2v) is 7.19. The third-order valence-electron chi connectivity index (χ3n) is 5.48. The second kappa shape index (κ2) is 6.73. The van der Waals surface area contributed by atoms with Gasteiger partial charge in [0.15, 0.2) is 5.65 Å². The summed E-state index contributed by atoms with van der Waals surface area (Å²) in [6, 6.07) is 20.3. The molecule has 6 nitrogen and oxygen atoms in total. The molecule has 0 N–H and O–H groups in total. The van der Waals surface area contributed by atoms with Crippen LogP contribution in [0.15, 0.2) is 71.7 Å². The highest BCUT2D eigenvalue weighted by Gasteiger charge is 2.28. The lowest BCUT2D eigenvalue weighted by Gasteiger charge is -2.35. The minimum atomic E-state index is -0.00612. The SMILES string of the molecule is CC1c2nc3c(cnn3-c3ccccc3)c(=O)n2CCN1Cc1ccccc1. The van der Waals surface area contributed by atoms with Crippen molar-refractivity contribution in [3.8, 4) is 5.69 Å². The van der Waals surface area contributed by atoms with Crippen LogP contribution < -0.4 is 5.56 Å². The fourth-order valence-corrected chi connectivity index (χ4v) is 3.93. The molecule has 6 heteroatoms. The Hall–Kier alpha value is -3.25. The number of hydrogen-bond acceptors (Lipinski definition) is 4. The Balaban J connectivity index is 1.59. The van der Waals surface area contributed by atoms with Crippen molar-refractivity contribution in [1.29, 1.82) is 0 Å². The fraction of sp³-hybridized carbons (Fsp3) is 0.227. The average molecular weight is 371 g/mol. The maximum Gasteiger partial charge on any atom is 0.264 e. The third kappa shape index (κ3) is 2.73. The van der Waals surface area contributed by atoms with Gasteiger partial charge in [-0.25, -0.2) is 9.67 Å². The predicted molar refractivity (Wildman–Crippen MR) is 108 cm³/mol. The molecule has 0 fully saturated rings. The summed E-state index contributed by atoms with van der Waals surface area (Å²) < 4.78 is 3.56. The van der Waals surface area contributed by atoms with Crippen LogP contribution in [0.25, 0.3) is 16.7 Å². The quantitative estimate of drug-likeness (QED) is 0.555. The number of para-hydroxylation sites is 1. The summed E-state index contributed by atoms with van der Waals surface area (Å²) in [6.45, 7) is 4.43. The van der Waals surface area contributed by atoms with Crippen LogP contribution in [0, 0.1) is 0 Å². The van der Waals surface area contributed by atoms with E-state index >= 15 is 0 Å². The topological polar surface area (TPSA) is 56.0 Å². The van der Waals surface area contributed by atoms with Crippen LogP contribution in [0.5, 0.6) is 0 Å². The lowest BCUT2D eigenvalue weighted by molar-refractivity contribution is 0.152. The monoisotopic (exact) mass is 371 g/mol. The molecular formula is C22H21N5O. The van der Waals surface area contributed by atoms with Gasteiger partial charge in [0.05, 0.1) is 17.9 Å². The van der Waals surface area contributed by atoms with E-state index in [1.807, 2.05) is 41.0 Å². The predicted octanol–water partition coefficient (Wildman–Crippen LogP) is 3.16. The van der Waals surface area contributed by atoms with Gasteiger partial charge in [0.1, 0.15) is 11.2 Å². The Morgan fingerprint density at radius 2 is 1.71 bits per heavy atom. The highest BCUT2D eigenvalue weighted by Crippen LogP contribution is 2.26. The molecule has 1 unspecified atom stereocenters. The minimum absolute atomic E-state index is 0.00612. The summed E-state index contributed by atoms with van der Waals surface area (Å²) in [7, 11) is 0. The molecule has 0 radical (unpaired) electrons. The normalized spacial score (nSPS) is 17.0. The van der Waals surface area contributed by atoms with Gasteiger partial charge in [0, 0.05) is 19.6 Å². The summed E-state index contributed by atoms with van der Waals surface area (Å²) in [6.07, 6.45) is 1.63. The molecule has 0 spiro atoms. The first-order valence-electron chi connectivity index (χ1n) is 9.54. The second-order valence-electron chi connectivity index (χ2n) is 7.19. The van der Waals surface area contributed by atoms with Crippen LogP contribution in [-0.2, 0) is 13.1 Å². The molecule has 0 amide bonds. The van der Waals surface area contributed by atoms with Crippen LogP contribution in [-0.4, -0.2) is 30.8 Å². The molecular weight excluding hydrogens is 350 g/mol. The van der Waals surface area contributed by atoms with E-state index in [9.17, 15) is 4.79 Å². The zero-order chi connectivity index (χ0) is 19.1. The number of fused-ring (bicyclic) bond motifs is 2. The van der Waals surface area contributed by atoms with E-state index in [2.05, 4.69) is 41.2 Å². The van der Waals surface area contributed by atoms with E-state index < -0.39 is 0 Å². The Morgan fingerprint density at radius 3 is 2.46 bits per heavy atom. The van der Waals surface area contributed by atoms with Gasteiger partial charge in [-0.3, -0.25) is 14.3 Å². The summed E-state index contributed by atoms with van der Waals surface area (Å²) in [5.41, 5.74) is 2.78. The first-order valence-corrected chi connectivity index (χ1v) is 9.54. The molecule has 3 heterocycles. The van der Waals surface area contributed by atoms with E-state index in [1.165, 1.54) is 5.56 Å². The number of benzene rings is 2. The minimum Gasteiger partial charge on any atom is -0.293 e. The molecule has 5 rings (SSSR count). The zero-order valence-corrected chi connectivity index (χ0v) is 15.7. The maximum atomic E-state index is 13.1. The molecule has 0 bridgehead atoms. The van der Waals surface area contributed by atoms with E-state index in [1.54, 1.807) is 10.9 Å². The van der Waals surface area contributed by atoms with Crippen molar-refractivity contribution in [3.63, 3.8) is 0 Å². The van der Waals surface area contributed by atoms with Crippen LogP contribution in [0.1, 0.15) is 24.4 Å². The number of hydrogen-bond donors (Lipinski definition) is 0. The van der Waals surface area contributed by atoms with Crippen molar-refractivity contribution in [2.45, 2.75) is 26.1 Å². The van der Waals surface area contributed by atoms with E-state index in [4.69, 9.17) is 4.98 Å². The lowest BCUT2D eigenvalue weighted by atomic mass is 10.1. The van der Waals surface area contributed by atoms with Crippen LogP contribution in [0.4, 0.5) is 0 Å². The molecule has 1 aliphatic heterocycles. The highest BCUT2D eigenvalue weighted by atomic mass is 16.1. The van der Waals surface area contributed by atoms with Gasteiger partial charge in [-0.2, -0.15) is 5.10 Å². The van der Waals surface area contributed by atoms with Crippen molar-refractivity contribution in [2.24, 2.45) is 0 Å². The van der Waals surface area contributed by atoms with Crippen LogP contribution in [0.3, 0.4) is 0 Å². The third-order valence-corrected chi connectivity index (χ3v) is 5.48. The fourth-order valence-electron chi connectivity index (χ4n) is 3.93. The lowest BCUT2D eigenvalue weighted by Crippen LogP contribution is -2.42. The molecule has 140 valence electrons. The van der Waals surface area contributed by atoms with Crippen LogP contribution >= 0.6 is 0 Å². The average Bonchev–Trinajstić information content (AvgIpc) is 3.16. The van der Waals surface area contributed by atoms with Crippen molar-refractivity contribution in [2.75, 3.05) is 6.54 Å². The van der Waals surface area contributed by atoms with Crippen molar-refractivity contribution >= 4 is 11.0 Å². The van der Waals surface area contributed by atoms with Crippen LogP contribution in [0.2, 0.25) is 0 Å². The summed E-state index contributed by atoms with van der Waals surface area (Å²) >= 11 is 0. The van der Waals surface area contributed by atoms with Gasteiger partial charge in [-0.1, -0.05) is 48.5 Å². The summed E-state index contributed by atoms with van der Waals surface area (Å²) in [5.74, 6) is 0.803. The largest absolute Gasteiger partial charge is 0.293 e. The van der Waals surface area contributed by atoms with E-state index in [0.717, 1.165) is 24.6 Å². The molecule has 28 heavy (non-hydrogen) atoms. The zero-order valence-electron chi connectivity index (χ0n) is 15.7. The Morgan fingerprint density at radius 1 is 1.00 bits per heavy atom. The maximum absolute atomic E-state index is 13.1. The molecule has 0 saturated carbocycles. The Bertz CT molecular complexity index is 1180.